The Morgan fingerprint density at radius 3 is 2.88 bits per heavy atom. The normalized spacial score (nSPS) is 11.0. The molecule has 0 saturated carbocycles. The molecule has 1 N–H and O–H groups in total. The molecular formula is C17H13N5O2. The number of rotatable bonds is 3. The highest BCUT2D eigenvalue weighted by Gasteiger charge is 2.10. The van der Waals surface area contributed by atoms with E-state index < -0.39 is 0 Å². The van der Waals surface area contributed by atoms with Crippen LogP contribution >= 0.6 is 0 Å². The lowest BCUT2D eigenvalue weighted by Gasteiger charge is -2.05. The van der Waals surface area contributed by atoms with E-state index in [1.807, 2.05) is 49.5 Å². The van der Waals surface area contributed by atoms with Crippen LogP contribution in [0.1, 0.15) is 17.0 Å². The number of aromatic nitrogens is 5. The number of hydrogen-bond donors (Lipinski definition) is 1. The standard InChI is InChI=1S/C17H13N5O2/c1-10-5-6-13(9-18-10)12-4-2-3-11(7-12)8-14-17(23)20-16-15(19-14)21-24-22-16/h2-7,9H,8H2,1H3,(H,20,22,23). The molecule has 0 fully saturated rings. The molecule has 7 heteroatoms. The average Bonchev–Trinajstić information content (AvgIpc) is 3.03. The van der Waals surface area contributed by atoms with Crippen LogP contribution in [-0.4, -0.2) is 25.3 Å². The molecule has 0 aliphatic carbocycles. The highest BCUT2D eigenvalue weighted by Crippen LogP contribution is 2.20. The summed E-state index contributed by atoms with van der Waals surface area (Å²) in [6.45, 7) is 1.95. The summed E-state index contributed by atoms with van der Waals surface area (Å²) in [5, 5.41) is 7.24. The SMILES string of the molecule is Cc1ccc(-c2cccc(Cc3nc4nonc4[nH]c3=O)c2)cn1. The third-order valence-corrected chi connectivity index (χ3v) is 3.75. The molecule has 0 unspecified atom stereocenters. The van der Waals surface area contributed by atoms with Crippen molar-refractivity contribution in [2.75, 3.05) is 0 Å². The maximum atomic E-state index is 12.1. The van der Waals surface area contributed by atoms with Crippen LogP contribution in [-0.2, 0) is 6.42 Å². The molecule has 118 valence electrons. The summed E-state index contributed by atoms with van der Waals surface area (Å²) in [5.41, 5.74) is 4.65. The van der Waals surface area contributed by atoms with E-state index >= 15 is 0 Å². The van der Waals surface area contributed by atoms with Gasteiger partial charge in [0.05, 0.1) is 0 Å². The summed E-state index contributed by atoms with van der Waals surface area (Å²) >= 11 is 0. The molecule has 0 aliphatic heterocycles. The Balaban J connectivity index is 1.69. The van der Waals surface area contributed by atoms with E-state index in [4.69, 9.17) is 0 Å². The monoisotopic (exact) mass is 319 g/mol. The van der Waals surface area contributed by atoms with Crippen LogP contribution in [0.5, 0.6) is 0 Å². The molecular weight excluding hydrogens is 306 g/mol. The summed E-state index contributed by atoms with van der Waals surface area (Å²) in [6, 6.07) is 11.9. The second kappa shape index (κ2) is 5.69. The number of benzene rings is 1. The first kappa shape index (κ1) is 14.3. The number of nitrogens with zero attached hydrogens (tertiary/aromatic N) is 4. The Kier molecular flexibility index (Phi) is 3.38. The van der Waals surface area contributed by atoms with Gasteiger partial charge in [-0.05, 0) is 34.4 Å². The number of hydrogen-bond acceptors (Lipinski definition) is 6. The molecule has 0 aliphatic rings. The predicted molar refractivity (Wildman–Crippen MR) is 87.4 cm³/mol. The lowest BCUT2D eigenvalue weighted by molar-refractivity contribution is 0.314. The lowest BCUT2D eigenvalue weighted by atomic mass is 10.0. The predicted octanol–water partition coefficient (Wildman–Crippen LogP) is 2.27. The number of nitrogens with one attached hydrogen (secondary N) is 1. The fourth-order valence-corrected chi connectivity index (χ4v) is 2.51. The number of aryl methyl sites for hydroxylation is 1. The van der Waals surface area contributed by atoms with E-state index in [1.54, 1.807) is 0 Å². The maximum Gasteiger partial charge on any atom is 0.271 e. The fourth-order valence-electron chi connectivity index (χ4n) is 2.51. The van der Waals surface area contributed by atoms with Crippen molar-refractivity contribution in [3.8, 4) is 11.1 Å². The molecule has 0 atom stereocenters. The first-order chi connectivity index (χ1) is 11.7. The summed E-state index contributed by atoms with van der Waals surface area (Å²) in [6.07, 6.45) is 2.23. The molecule has 3 aromatic heterocycles. The molecule has 4 aromatic rings. The van der Waals surface area contributed by atoms with Crippen LogP contribution in [0, 0.1) is 6.92 Å². The van der Waals surface area contributed by atoms with Crippen molar-refractivity contribution >= 4 is 11.3 Å². The highest BCUT2D eigenvalue weighted by molar-refractivity contribution is 5.64. The zero-order valence-electron chi connectivity index (χ0n) is 12.9. The molecule has 7 nitrogen and oxygen atoms in total. The number of aromatic amines is 1. The third-order valence-electron chi connectivity index (χ3n) is 3.75. The van der Waals surface area contributed by atoms with Crippen LogP contribution in [0.2, 0.25) is 0 Å². The quantitative estimate of drug-likeness (QED) is 0.622. The molecule has 3 heterocycles. The molecule has 0 radical (unpaired) electrons. The number of fused-ring (bicyclic) bond motifs is 1. The Hall–Kier alpha value is -3.35. The summed E-state index contributed by atoms with van der Waals surface area (Å²) < 4.78 is 4.57. The van der Waals surface area contributed by atoms with E-state index in [-0.39, 0.29) is 11.2 Å². The van der Waals surface area contributed by atoms with Crippen molar-refractivity contribution in [3.63, 3.8) is 0 Å². The lowest BCUT2D eigenvalue weighted by Crippen LogP contribution is -2.15. The van der Waals surface area contributed by atoms with Gasteiger partial charge in [-0.25, -0.2) is 9.61 Å². The molecule has 4 rings (SSSR count). The minimum Gasteiger partial charge on any atom is -0.299 e. The molecule has 0 bridgehead atoms. The molecule has 24 heavy (non-hydrogen) atoms. The van der Waals surface area contributed by atoms with Crippen LogP contribution < -0.4 is 5.56 Å². The zero-order valence-corrected chi connectivity index (χ0v) is 12.9. The van der Waals surface area contributed by atoms with Crippen molar-refractivity contribution in [1.29, 1.82) is 0 Å². The molecule has 0 saturated heterocycles. The Bertz CT molecular complexity index is 1070. The summed E-state index contributed by atoms with van der Waals surface area (Å²) in [5.74, 6) is 0. The van der Waals surface area contributed by atoms with E-state index in [1.165, 1.54) is 0 Å². The van der Waals surface area contributed by atoms with Gasteiger partial charge in [-0.2, -0.15) is 0 Å². The topological polar surface area (TPSA) is 97.6 Å². The average molecular weight is 319 g/mol. The second-order valence-electron chi connectivity index (χ2n) is 5.51. The van der Waals surface area contributed by atoms with Crippen molar-refractivity contribution in [2.24, 2.45) is 0 Å². The van der Waals surface area contributed by atoms with Gasteiger partial charge < -0.3 is 0 Å². The van der Waals surface area contributed by atoms with Gasteiger partial charge in [-0.1, -0.05) is 30.3 Å². The Morgan fingerprint density at radius 2 is 2.04 bits per heavy atom. The van der Waals surface area contributed by atoms with Crippen LogP contribution in [0.15, 0.2) is 52.0 Å². The van der Waals surface area contributed by atoms with Gasteiger partial charge in [0.1, 0.15) is 5.69 Å². The summed E-state index contributed by atoms with van der Waals surface area (Å²) in [4.78, 5) is 23.2. The highest BCUT2D eigenvalue weighted by atomic mass is 16.6. The van der Waals surface area contributed by atoms with Gasteiger partial charge in [-0.15, -0.1) is 0 Å². The fraction of sp³-hybridized carbons (Fsp3) is 0.118. The van der Waals surface area contributed by atoms with Crippen molar-refractivity contribution in [3.05, 3.63) is 69.9 Å². The van der Waals surface area contributed by atoms with Crippen molar-refractivity contribution in [2.45, 2.75) is 13.3 Å². The second-order valence-corrected chi connectivity index (χ2v) is 5.51. The van der Waals surface area contributed by atoms with Gasteiger partial charge >= 0.3 is 0 Å². The minimum atomic E-state index is -0.291. The van der Waals surface area contributed by atoms with Gasteiger partial charge in [0.25, 0.3) is 5.56 Å². The van der Waals surface area contributed by atoms with E-state index in [2.05, 4.69) is 29.9 Å². The summed E-state index contributed by atoms with van der Waals surface area (Å²) in [7, 11) is 0. The van der Waals surface area contributed by atoms with Crippen LogP contribution in [0.25, 0.3) is 22.4 Å². The van der Waals surface area contributed by atoms with Crippen molar-refractivity contribution < 1.29 is 4.63 Å². The first-order valence-electron chi connectivity index (χ1n) is 7.42. The number of pyridine rings is 1. The van der Waals surface area contributed by atoms with Gasteiger partial charge in [0.15, 0.2) is 0 Å². The maximum absolute atomic E-state index is 12.1. The molecule has 1 aromatic carbocycles. The van der Waals surface area contributed by atoms with Gasteiger partial charge in [0, 0.05) is 23.9 Å². The Morgan fingerprint density at radius 1 is 1.12 bits per heavy atom. The Labute approximate surface area is 136 Å². The van der Waals surface area contributed by atoms with Crippen LogP contribution in [0.3, 0.4) is 0 Å². The van der Waals surface area contributed by atoms with E-state index in [9.17, 15) is 4.79 Å². The molecule has 0 spiro atoms. The smallest absolute Gasteiger partial charge is 0.271 e. The van der Waals surface area contributed by atoms with Crippen LogP contribution in [0.4, 0.5) is 0 Å². The molecule has 0 amide bonds. The van der Waals surface area contributed by atoms with Gasteiger partial charge in [0.2, 0.25) is 11.3 Å². The minimum absolute atomic E-state index is 0.253. The number of H-pyrrole nitrogens is 1. The zero-order chi connectivity index (χ0) is 16.5. The van der Waals surface area contributed by atoms with E-state index in [0.29, 0.717) is 17.8 Å². The largest absolute Gasteiger partial charge is 0.299 e. The third kappa shape index (κ3) is 2.67. The van der Waals surface area contributed by atoms with Gasteiger partial charge in [-0.3, -0.25) is 14.8 Å². The van der Waals surface area contributed by atoms with Crippen molar-refractivity contribution in [1.82, 2.24) is 25.3 Å². The first-order valence-corrected chi connectivity index (χ1v) is 7.42. The van der Waals surface area contributed by atoms with E-state index in [0.717, 1.165) is 22.4 Å².